The van der Waals surface area contributed by atoms with Gasteiger partial charge in [-0.1, -0.05) is 6.07 Å². The van der Waals surface area contributed by atoms with E-state index < -0.39 is 0 Å². The number of rotatable bonds is 3. The highest BCUT2D eigenvalue weighted by Crippen LogP contribution is 2.27. The van der Waals surface area contributed by atoms with Crippen LogP contribution in [0.3, 0.4) is 0 Å². The van der Waals surface area contributed by atoms with Gasteiger partial charge in [-0.15, -0.1) is 10.2 Å². The number of ether oxygens (including phenoxy) is 1. The average molecular weight is 338 g/mol. The van der Waals surface area contributed by atoms with Gasteiger partial charge in [0.1, 0.15) is 12.7 Å². The zero-order chi connectivity index (χ0) is 17.2. The Bertz CT molecular complexity index is 873. The molecule has 1 fully saturated rings. The van der Waals surface area contributed by atoms with Crippen LogP contribution >= 0.6 is 0 Å². The molecule has 1 aromatic carbocycles. The number of aryl methyl sites for hydroxylation is 1. The second-order valence-corrected chi connectivity index (χ2v) is 5.98. The second kappa shape index (κ2) is 6.48. The van der Waals surface area contributed by atoms with E-state index in [-0.39, 0.29) is 11.9 Å². The number of aromatic nitrogens is 5. The van der Waals surface area contributed by atoms with Crippen molar-refractivity contribution in [2.24, 2.45) is 0 Å². The van der Waals surface area contributed by atoms with Gasteiger partial charge in [0.05, 0.1) is 31.1 Å². The van der Waals surface area contributed by atoms with Gasteiger partial charge < -0.3 is 9.64 Å². The third-order valence-corrected chi connectivity index (χ3v) is 4.40. The summed E-state index contributed by atoms with van der Waals surface area (Å²) in [5.74, 6) is -0.0303. The number of aromatic amines is 1. The Labute approximate surface area is 144 Å². The van der Waals surface area contributed by atoms with E-state index in [1.165, 1.54) is 0 Å². The molecule has 25 heavy (non-hydrogen) atoms. The molecule has 1 atom stereocenters. The Morgan fingerprint density at radius 3 is 2.92 bits per heavy atom. The molecule has 1 aliphatic heterocycles. The minimum Gasteiger partial charge on any atom is -0.377 e. The average Bonchev–Trinajstić information content (AvgIpc) is 3.33. The molecule has 0 aliphatic carbocycles. The zero-order valence-corrected chi connectivity index (χ0v) is 13.8. The van der Waals surface area contributed by atoms with Crippen LogP contribution in [0.5, 0.6) is 0 Å². The smallest absolute Gasteiger partial charge is 0.254 e. The lowest BCUT2D eigenvalue weighted by Crippen LogP contribution is -2.43. The maximum atomic E-state index is 13.1. The minimum absolute atomic E-state index is 0.0303. The number of H-pyrrole nitrogens is 1. The number of carbonyl (C=O) groups excluding carboxylic acids is 1. The summed E-state index contributed by atoms with van der Waals surface area (Å²) in [7, 11) is 0. The number of nitrogens with zero attached hydrogens (tertiary/aromatic N) is 5. The molecule has 2 aromatic heterocycles. The summed E-state index contributed by atoms with van der Waals surface area (Å²) >= 11 is 0. The number of hydrogen-bond acceptors (Lipinski definition) is 5. The van der Waals surface area contributed by atoms with Crippen LogP contribution < -0.4 is 0 Å². The number of amides is 1. The van der Waals surface area contributed by atoms with Crippen molar-refractivity contribution < 1.29 is 9.53 Å². The molecule has 3 aromatic rings. The van der Waals surface area contributed by atoms with Crippen molar-refractivity contribution in [3.05, 3.63) is 59.9 Å². The molecule has 4 rings (SSSR count). The SMILES string of the molecule is Cc1cn[nH]c1[C@H]1COCCN1C(=O)c1cccc(-n2cnnc2)c1. The molecule has 8 heteroatoms. The highest BCUT2D eigenvalue weighted by molar-refractivity contribution is 5.95. The summed E-state index contributed by atoms with van der Waals surface area (Å²) in [6.45, 7) is 3.50. The molecule has 0 spiro atoms. The van der Waals surface area contributed by atoms with Crippen LogP contribution in [0.15, 0.2) is 43.1 Å². The molecule has 0 radical (unpaired) electrons. The first-order valence-corrected chi connectivity index (χ1v) is 8.07. The fourth-order valence-corrected chi connectivity index (χ4v) is 3.08. The van der Waals surface area contributed by atoms with Gasteiger partial charge in [0.25, 0.3) is 5.91 Å². The van der Waals surface area contributed by atoms with E-state index in [2.05, 4.69) is 20.4 Å². The normalized spacial score (nSPS) is 17.6. The van der Waals surface area contributed by atoms with Crippen molar-refractivity contribution >= 4 is 5.91 Å². The summed E-state index contributed by atoms with van der Waals surface area (Å²) < 4.78 is 7.37. The molecular formula is C17H18N6O2. The first-order valence-electron chi connectivity index (χ1n) is 8.07. The second-order valence-electron chi connectivity index (χ2n) is 5.98. The van der Waals surface area contributed by atoms with Crippen molar-refractivity contribution in [3.8, 4) is 5.69 Å². The Morgan fingerprint density at radius 2 is 2.16 bits per heavy atom. The number of morpholine rings is 1. The van der Waals surface area contributed by atoms with Crippen LogP contribution in [0.2, 0.25) is 0 Å². The lowest BCUT2D eigenvalue weighted by atomic mass is 10.1. The molecule has 1 N–H and O–H groups in total. The number of nitrogens with one attached hydrogen (secondary N) is 1. The van der Waals surface area contributed by atoms with Crippen LogP contribution in [0.25, 0.3) is 5.69 Å². The van der Waals surface area contributed by atoms with E-state index >= 15 is 0 Å². The fourth-order valence-electron chi connectivity index (χ4n) is 3.08. The van der Waals surface area contributed by atoms with Gasteiger partial charge >= 0.3 is 0 Å². The molecule has 1 aliphatic rings. The Balaban J connectivity index is 1.65. The highest BCUT2D eigenvalue weighted by atomic mass is 16.5. The van der Waals surface area contributed by atoms with Crippen LogP contribution in [0.4, 0.5) is 0 Å². The molecule has 1 amide bonds. The maximum Gasteiger partial charge on any atom is 0.254 e. The predicted octanol–water partition coefficient (Wildman–Crippen LogP) is 1.51. The molecule has 8 nitrogen and oxygen atoms in total. The molecule has 128 valence electrons. The largest absolute Gasteiger partial charge is 0.377 e. The Morgan fingerprint density at radius 1 is 1.32 bits per heavy atom. The molecular weight excluding hydrogens is 320 g/mol. The molecule has 3 heterocycles. The van der Waals surface area contributed by atoms with Crippen LogP contribution in [0, 0.1) is 6.92 Å². The quantitative estimate of drug-likeness (QED) is 0.782. The monoisotopic (exact) mass is 338 g/mol. The molecule has 0 unspecified atom stereocenters. The minimum atomic E-state index is -0.165. The highest BCUT2D eigenvalue weighted by Gasteiger charge is 2.31. The third kappa shape index (κ3) is 2.91. The van der Waals surface area contributed by atoms with Gasteiger partial charge in [0.2, 0.25) is 0 Å². The zero-order valence-electron chi connectivity index (χ0n) is 13.8. The van der Waals surface area contributed by atoms with Gasteiger partial charge in [-0.05, 0) is 30.7 Å². The van der Waals surface area contributed by atoms with Crippen LogP contribution in [0.1, 0.15) is 27.7 Å². The van der Waals surface area contributed by atoms with Crippen molar-refractivity contribution in [1.29, 1.82) is 0 Å². The predicted molar refractivity (Wildman–Crippen MR) is 89.3 cm³/mol. The maximum absolute atomic E-state index is 13.1. The third-order valence-electron chi connectivity index (χ3n) is 4.40. The molecule has 0 bridgehead atoms. The number of carbonyl (C=O) groups is 1. The fraction of sp³-hybridized carbons (Fsp3) is 0.294. The topological polar surface area (TPSA) is 88.9 Å². The van der Waals surface area contributed by atoms with Crippen molar-refractivity contribution in [2.45, 2.75) is 13.0 Å². The lowest BCUT2D eigenvalue weighted by molar-refractivity contribution is -0.00407. The Hall–Kier alpha value is -3.00. The summed E-state index contributed by atoms with van der Waals surface area (Å²) in [5.41, 5.74) is 3.41. The first kappa shape index (κ1) is 15.5. The van der Waals surface area contributed by atoms with E-state index in [1.807, 2.05) is 36.1 Å². The van der Waals surface area contributed by atoms with Crippen molar-refractivity contribution in [2.75, 3.05) is 19.8 Å². The van der Waals surface area contributed by atoms with E-state index in [0.29, 0.717) is 25.3 Å². The van der Waals surface area contributed by atoms with Gasteiger partial charge in [0, 0.05) is 17.8 Å². The lowest BCUT2D eigenvalue weighted by Gasteiger charge is -2.35. The van der Waals surface area contributed by atoms with E-state index in [0.717, 1.165) is 16.9 Å². The summed E-state index contributed by atoms with van der Waals surface area (Å²) in [6.07, 6.45) is 4.98. The van der Waals surface area contributed by atoms with Gasteiger partial charge in [-0.2, -0.15) is 5.10 Å². The van der Waals surface area contributed by atoms with Gasteiger partial charge in [-0.3, -0.25) is 14.5 Å². The van der Waals surface area contributed by atoms with E-state index in [1.54, 1.807) is 23.4 Å². The summed E-state index contributed by atoms with van der Waals surface area (Å²) in [5, 5.41) is 14.7. The molecule has 0 saturated carbocycles. The van der Waals surface area contributed by atoms with Crippen LogP contribution in [-0.2, 0) is 4.74 Å². The number of hydrogen-bond donors (Lipinski definition) is 1. The molecule has 1 saturated heterocycles. The van der Waals surface area contributed by atoms with Gasteiger partial charge in [-0.25, -0.2) is 0 Å². The van der Waals surface area contributed by atoms with Gasteiger partial charge in [0.15, 0.2) is 0 Å². The van der Waals surface area contributed by atoms with E-state index in [4.69, 9.17) is 4.74 Å². The van der Waals surface area contributed by atoms with Crippen molar-refractivity contribution in [1.82, 2.24) is 29.9 Å². The first-order chi connectivity index (χ1) is 12.2. The standard InChI is InChI=1S/C17H18N6O2/c1-12-8-18-21-16(12)15-9-25-6-5-23(15)17(24)13-3-2-4-14(7-13)22-10-19-20-11-22/h2-4,7-8,10-11,15H,5-6,9H2,1H3,(H,18,21)/t15-/m1/s1. The summed E-state index contributed by atoms with van der Waals surface area (Å²) in [6, 6.07) is 7.28. The number of benzene rings is 1. The Kier molecular flexibility index (Phi) is 4.02. The van der Waals surface area contributed by atoms with E-state index in [9.17, 15) is 4.79 Å². The van der Waals surface area contributed by atoms with Crippen molar-refractivity contribution in [3.63, 3.8) is 0 Å². The summed E-state index contributed by atoms with van der Waals surface area (Å²) in [4.78, 5) is 15.0. The van der Waals surface area contributed by atoms with Crippen LogP contribution in [-0.4, -0.2) is 55.5 Å².